The first-order valence-corrected chi connectivity index (χ1v) is 10.4. The molecule has 0 bridgehead atoms. The number of carbonyl (C=O) groups is 2. The van der Waals surface area contributed by atoms with Gasteiger partial charge in [-0.25, -0.2) is 8.42 Å². The van der Waals surface area contributed by atoms with Crippen molar-refractivity contribution < 1.29 is 23.1 Å². The summed E-state index contributed by atoms with van der Waals surface area (Å²) in [5, 5.41) is 14.2. The van der Waals surface area contributed by atoms with E-state index in [9.17, 15) is 23.1 Å². The quantitative estimate of drug-likeness (QED) is 0.799. The molecular weight excluding hydrogens is 354 g/mol. The fraction of sp³-hybridized carbons (Fsp3) is 0.368. The minimum Gasteiger partial charge on any atom is -0.481 e. The molecular formula is C19H21NO5S. The average Bonchev–Trinajstić information content (AvgIpc) is 2.98. The summed E-state index contributed by atoms with van der Waals surface area (Å²) in [6.07, 6.45) is 0.592. The molecule has 0 spiro atoms. The lowest BCUT2D eigenvalue weighted by atomic mass is 9.94. The van der Waals surface area contributed by atoms with Crippen LogP contribution in [-0.2, 0) is 25.8 Å². The van der Waals surface area contributed by atoms with Crippen LogP contribution in [0.5, 0.6) is 0 Å². The number of carboxylic acids is 1. The Hall–Kier alpha value is -2.41. The molecule has 3 rings (SSSR count). The van der Waals surface area contributed by atoms with Crippen LogP contribution in [0.4, 0.5) is 0 Å². The predicted molar refractivity (Wildman–Crippen MR) is 98.5 cm³/mol. The Morgan fingerprint density at radius 2 is 1.88 bits per heavy atom. The third-order valence-electron chi connectivity index (χ3n) is 4.82. The summed E-state index contributed by atoms with van der Waals surface area (Å²) in [5.74, 6) is -2.86. The Kier molecular flexibility index (Phi) is 5.27. The van der Waals surface area contributed by atoms with Crippen molar-refractivity contribution in [1.29, 1.82) is 0 Å². The average molecular weight is 375 g/mol. The van der Waals surface area contributed by atoms with E-state index in [2.05, 4.69) is 5.32 Å². The number of carbonyl (C=O) groups excluding carboxylic acids is 1. The molecule has 2 aromatic carbocycles. The van der Waals surface area contributed by atoms with Gasteiger partial charge < -0.3 is 10.4 Å². The van der Waals surface area contributed by atoms with Crippen molar-refractivity contribution >= 4 is 32.5 Å². The fourth-order valence-corrected chi connectivity index (χ4v) is 5.09. The van der Waals surface area contributed by atoms with Crippen LogP contribution in [0.25, 0.3) is 10.8 Å². The maximum Gasteiger partial charge on any atom is 0.308 e. The third-order valence-corrected chi connectivity index (χ3v) is 6.59. The van der Waals surface area contributed by atoms with Gasteiger partial charge in [-0.05, 0) is 29.2 Å². The minimum absolute atomic E-state index is 0.0173. The lowest BCUT2D eigenvalue weighted by Crippen LogP contribution is -2.38. The highest BCUT2D eigenvalue weighted by atomic mass is 32.2. The van der Waals surface area contributed by atoms with E-state index in [1.807, 2.05) is 42.5 Å². The molecule has 0 aromatic heterocycles. The van der Waals surface area contributed by atoms with Gasteiger partial charge in [0.2, 0.25) is 5.91 Å². The number of amides is 1. The number of carboxylic acid groups (broad SMARTS) is 1. The molecule has 1 amide bonds. The maximum atomic E-state index is 12.2. The molecule has 1 aliphatic heterocycles. The highest BCUT2D eigenvalue weighted by Gasteiger charge is 2.33. The van der Waals surface area contributed by atoms with Gasteiger partial charge in [0.25, 0.3) is 0 Å². The normalized spacial score (nSPS) is 19.9. The van der Waals surface area contributed by atoms with Gasteiger partial charge >= 0.3 is 5.97 Å². The smallest absolute Gasteiger partial charge is 0.308 e. The van der Waals surface area contributed by atoms with Gasteiger partial charge in [0.15, 0.2) is 9.84 Å². The molecule has 26 heavy (non-hydrogen) atoms. The van der Waals surface area contributed by atoms with E-state index in [1.54, 1.807) is 0 Å². The standard InChI is InChI=1S/C19H21NO5S/c21-18(15-8-9-26(24,25)12-15)20-11-16(19(22)23)10-14-6-3-5-13-4-1-2-7-17(13)14/h1-7,15-16H,8-12H2,(H,20,21)(H,22,23). The Morgan fingerprint density at radius 1 is 1.15 bits per heavy atom. The van der Waals surface area contributed by atoms with Crippen LogP contribution >= 0.6 is 0 Å². The Morgan fingerprint density at radius 3 is 2.58 bits per heavy atom. The summed E-state index contributed by atoms with van der Waals surface area (Å²) < 4.78 is 23.0. The Bertz CT molecular complexity index is 933. The van der Waals surface area contributed by atoms with Crippen LogP contribution in [0.15, 0.2) is 42.5 Å². The molecule has 0 aliphatic carbocycles. The SMILES string of the molecule is O=C(O)C(CNC(=O)C1CCS(=O)(=O)C1)Cc1cccc2ccccc12. The second-order valence-corrected chi connectivity index (χ2v) is 8.95. The van der Waals surface area contributed by atoms with E-state index < -0.39 is 27.6 Å². The second kappa shape index (κ2) is 7.45. The molecule has 1 fully saturated rings. The highest BCUT2D eigenvalue weighted by molar-refractivity contribution is 7.91. The van der Waals surface area contributed by atoms with Gasteiger partial charge in [-0.2, -0.15) is 0 Å². The van der Waals surface area contributed by atoms with Crippen molar-refractivity contribution in [3.05, 3.63) is 48.0 Å². The van der Waals surface area contributed by atoms with E-state index in [0.29, 0.717) is 12.8 Å². The molecule has 7 heteroatoms. The zero-order valence-corrected chi connectivity index (χ0v) is 15.0. The van der Waals surface area contributed by atoms with Gasteiger partial charge in [-0.3, -0.25) is 9.59 Å². The fourth-order valence-electron chi connectivity index (χ4n) is 3.35. The highest BCUT2D eigenvalue weighted by Crippen LogP contribution is 2.22. The van der Waals surface area contributed by atoms with Crippen LogP contribution in [0.3, 0.4) is 0 Å². The van der Waals surface area contributed by atoms with Gasteiger partial charge in [0.05, 0.1) is 23.3 Å². The van der Waals surface area contributed by atoms with Crippen LogP contribution in [0.1, 0.15) is 12.0 Å². The van der Waals surface area contributed by atoms with Crippen LogP contribution in [0, 0.1) is 11.8 Å². The van der Waals surface area contributed by atoms with Gasteiger partial charge in [-0.1, -0.05) is 42.5 Å². The molecule has 1 aliphatic rings. The maximum absolute atomic E-state index is 12.2. The number of sulfone groups is 1. The zero-order chi connectivity index (χ0) is 18.7. The van der Waals surface area contributed by atoms with Crippen molar-refractivity contribution in [2.45, 2.75) is 12.8 Å². The Labute approximate surface area is 152 Å². The van der Waals surface area contributed by atoms with Crippen LogP contribution < -0.4 is 5.32 Å². The van der Waals surface area contributed by atoms with Crippen molar-refractivity contribution in [2.75, 3.05) is 18.1 Å². The molecule has 2 unspecified atom stereocenters. The molecule has 2 atom stereocenters. The monoisotopic (exact) mass is 375 g/mol. The van der Waals surface area contributed by atoms with Gasteiger partial charge in [0.1, 0.15) is 0 Å². The zero-order valence-electron chi connectivity index (χ0n) is 14.2. The number of nitrogens with one attached hydrogen (secondary N) is 1. The van der Waals surface area contributed by atoms with Crippen LogP contribution in [-0.4, -0.2) is 43.5 Å². The largest absolute Gasteiger partial charge is 0.481 e. The molecule has 2 N–H and O–H groups in total. The topological polar surface area (TPSA) is 101 Å². The lowest BCUT2D eigenvalue weighted by molar-refractivity contribution is -0.141. The summed E-state index contributed by atoms with van der Waals surface area (Å²) in [5.41, 5.74) is 0.910. The molecule has 6 nitrogen and oxygen atoms in total. The van der Waals surface area contributed by atoms with Gasteiger partial charge in [-0.15, -0.1) is 0 Å². The molecule has 0 radical (unpaired) electrons. The molecule has 1 saturated heterocycles. The van der Waals surface area contributed by atoms with E-state index >= 15 is 0 Å². The van der Waals surface area contributed by atoms with Gasteiger partial charge in [0, 0.05) is 6.54 Å². The van der Waals surface area contributed by atoms with Crippen LogP contribution in [0.2, 0.25) is 0 Å². The second-order valence-electron chi connectivity index (χ2n) is 6.72. The first-order valence-electron chi connectivity index (χ1n) is 8.53. The number of aliphatic carboxylic acids is 1. The first kappa shape index (κ1) is 18.4. The van der Waals surface area contributed by atoms with Crippen molar-refractivity contribution in [2.24, 2.45) is 11.8 Å². The van der Waals surface area contributed by atoms with E-state index in [-0.39, 0.29) is 24.0 Å². The van der Waals surface area contributed by atoms with Crippen molar-refractivity contribution in [1.82, 2.24) is 5.32 Å². The predicted octanol–water partition coefficient (Wildman–Crippen LogP) is 1.63. The molecule has 2 aromatic rings. The van der Waals surface area contributed by atoms with E-state index in [1.165, 1.54) is 0 Å². The lowest BCUT2D eigenvalue weighted by Gasteiger charge is -2.16. The number of fused-ring (bicyclic) bond motifs is 1. The minimum atomic E-state index is -3.15. The summed E-state index contributed by atoms with van der Waals surface area (Å²) in [6, 6.07) is 13.5. The first-order chi connectivity index (χ1) is 12.4. The van der Waals surface area contributed by atoms with Crippen molar-refractivity contribution in [3.63, 3.8) is 0 Å². The molecule has 138 valence electrons. The third kappa shape index (κ3) is 4.22. The van der Waals surface area contributed by atoms with Crippen molar-refractivity contribution in [3.8, 4) is 0 Å². The number of benzene rings is 2. The van der Waals surface area contributed by atoms with E-state index in [4.69, 9.17) is 0 Å². The number of hydrogen-bond donors (Lipinski definition) is 2. The summed E-state index contributed by atoms with van der Waals surface area (Å²) in [6.45, 7) is -0.0199. The summed E-state index contributed by atoms with van der Waals surface area (Å²) >= 11 is 0. The molecule has 0 saturated carbocycles. The number of hydrogen-bond acceptors (Lipinski definition) is 4. The van der Waals surface area contributed by atoms with E-state index in [0.717, 1.165) is 16.3 Å². The summed E-state index contributed by atoms with van der Waals surface area (Å²) in [4.78, 5) is 23.8. The number of rotatable bonds is 6. The molecule has 1 heterocycles. The Balaban J connectivity index is 1.68. The summed E-state index contributed by atoms with van der Waals surface area (Å²) in [7, 11) is -3.15.